The fourth-order valence-corrected chi connectivity index (χ4v) is 3.52. The van der Waals surface area contributed by atoms with E-state index in [0.717, 1.165) is 6.42 Å². The number of hydrogen-bond acceptors (Lipinski definition) is 3. The molecule has 0 aliphatic rings. The van der Waals surface area contributed by atoms with Gasteiger partial charge in [0.25, 0.3) is 0 Å². The molecule has 1 aromatic rings. The SMILES string of the molecule is C=CCCCN(C)S(=O)(=O)c1cc(CNC)cc(F)c1C. The van der Waals surface area contributed by atoms with Gasteiger partial charge in [-0.15, -0.1) is 6.58 Å². The molecule has 118 valence electrons. The number of nitrogens with one attached hydrogen (secondary N) is 1. The van der Waals surface area contributed by atoms with Gasteiger partial charge in [0.2, 0.25) is 10.0 Å². The lowest BCUT2D eigenvalue weighted by Gasteiger charge is -2.19. The molecular weight excluding hydrogens is 291 g/mol. The summed E-state index contributed by atoms with van der Waals surface area (Å²) in [5.41, 5.74) is 0.768. The first kappa shape index (κ1) is 17.8. The second kappa shape index (κ2) is 7.68. The van der Waals surface area contributed by atoms with Crippen LogP contribution in [0.25, 0.3) is 0 Å². The van der Waals surface area contributed by atoms with E-state index in [0.29, 0.717) is 25.1 Å². The highest BCUT2D eigenvalue weighted by atomic mass is 32.2. The quantitative estimate of drug-likeness (QED) is 0.592. The molecule has 4 nitrogen and oxygen atoms in total. The van der Waals surface area contributed by atoms with Crippen LogP contribution in [0.4, 0.5) is 4.39 Å². The molecule has 0 unspecified atom stereocenters. The van der Waals surface area contributed by atoms with Crippen molar-refractivity contribution in [3.8, 4) is 0 Å². The Morgan fingerprint density at radius 3 is 2.67 bits per heavy atom. The van der Waals surface area contributed by atoms with Crippen LogP contribution in [0, 0.1) is 12.7 Å². The average Bonchev–Trinajstić information content (AvgIpc) is 2.42. The molecule has 1 N–H and O–H groups in total. The van der Waals surface area contributed by atoms with Gasteiger partial charge in [0.05, 0.1) is 4.90 Å². The first-order chi connectivity index (χ1) is 9.84. The molecule has 1 rings (SSSR count). The van der Waals surface area contributed by atoms with Gasteiger partial charge >= 0.3 is 0 Å². The Kier molecular flexibility index (Phi) is 6.51. The van der Waals surface area contributed by atoms with Crippen molar-refractivity contribution < 1.29 is 12.8 Å². The van der Waals surface area contributed by atoms with Crippen molar-refractivity contribution in [2.45, 2.75) is 31.2 Å². The lowest BCUT2D eigenvalue weighted by atomic mass is 10.1. The molecule has 1 aromatic carbocycles. The van der Waals surface area contributed by atoms with E-state index >= 15 is 0 Å². The van der Waals surface area contributed by atoms with Gasteiger partial charge in [-0.1, -0.05) is 6.08 Å². The molecule has 0 spiro atoms. The normalized spacial score (nSPS) is 11.9. The summed E-state index contributed by atoms with van der Waals surface area (Å²) in [5, 5.41) is 2.89. The van der Waals surface area contributed by atoms with Crippen molar-refractivity contribution in [1.82, 2.24) is 9.62 Å². The average molecular weight is 314 g/mol. The topological polar surface area (TPSA) is 49.4 Å². The molecule has 0 aliphatic heterocycles. The van der Waals surface area contributed by atoms with Gasteiger partial charge in [0.1, 0.15) is 5.82 Å². The Morgan fingerprint density at radius 1 is 1.43 bits per heavy atom. The Morgan fingerprint density at radius 2 is 2.10 bits per heavy atom. The standard InChI is InChI=1S/C15H23FN2O2S/c1-5-6-7-8-18(4)21(19,20)15-10-13(11-17-3)9-14(16)12(15)2/h5,9-10,17H,1,6-8,11H2,2-4H3. The second-order valence-electron chi connectivity index (χ2n) is 4.99. The van der Waals surface area contributed by atoms with Crippen molar-refractivity contribution in [3.05, 3.63) is 41.7 Å². The van der Waals surface area contributed by atoms with Crippen LogP contribution >= 0.6 is 0 Å². The largest absolute Gasteiger partial charge is 0.316 e. The van der Waals surface area contributed by atoms with Crippen molar-refractivity contribution >= 4 is 10.0 Å². The van der Waals surface area contributed by atoms with E-state index < -0.39 is 15.8 Å². The summed E-state index contributed by atoms with van der Waals surface area (Å²) in [6.45, 7) is 5.90. The van der Waals surface area contributed by atoms with Crippen LogP contribution in [0.1, 0.15) is 24.0 Å². The second-order valence-corrected chi connectivity index (χ2v) is 7.00. The third-order valence-electron chi connectivity index (χ3n) is 3.31. The first-order valence-electron chi connectivity index (χ1n) is 6.85. The molecular formula is C15H23FN2O2S. The number of benzene rings is 1. The van der Waals surface area contributed by atoms with Crippen molar-refractivity contribution in [3.63, 3.8) is 0 Å². The molecule has 0 bridgehead atoms. The molecule has 0 aromatic heterocycles. The van der Waals surface area contributed by atoms with E-state index in [9.17, 15) is 12.8 Å². The minimum atomic E-state index is -3.68. The zero-order valence-electron chi connectivity index (χ0n) is 12.8. The lowest BCUT2D eigenvalue weighted by molar-refractivity contribution is 0.461. The number of allylic oxidation sites excluding steroid dienone is 1. The molecule has 0 radical (unpaired) electrons. The zero-order valence-corrected chi connectivity index (χ0v) is 13.6. The fraction of sp³-hybridized carbons (Fsp3) is 0.467. The van der Waals surface area contributed by atoms with Crippen LogP contribution in [-0.2, 0) is 16.6 Å². The van der Waals surface area contributed by atoms with Crippen LogP contribution in [-0.4, -0.2) is 33.4 Å². The van der Waals surface area contributed by atoms with Gasteiger partial charge < -0.3 is 5.32 Å². The number of halogens is 1. The highest BCUT2D eigenvalue weighted by molar-refractivity contribution is 7.89. The third-order valence-corrected chi connectivity index (χ3v) is 5.29. The maximum atomic E-state index is 13.9. The molecule has 0 heterocycles. The summed E-state index contributed by atoms with van der Waals surface area (Å²) in [7, 11) is -0.438. The molecule has 0 fully saturated rings. The van der Waals surface area contributed by atoms with Gasteiger partial charge in [0, 0.05) is 25.7 Å². The summed E-state index contributed by atoms with van der Waals surface area (Å²) >= 11 is 0. The number of nitrogens with zero attached hydrogens (tertiary/aromatic N) is 1. The maximum Gasteiger partial charge on any atom is 0.243 e. The minimum absolute atomic E-state index is 0.0360. The van der Waals surface area contributed by atoms with Crippen LogP contribution in [0.15, 0.2) is 29.7 Å². The Bertz CT molecular complexity index is 600. The van der Waals surface area contributed by atoms with E-state index in [-0.39, 0.29) is 10.5 Å². The van der Waals surface area contributed by atoms with Gasteiger partial charge in [-0.3, -0.25) is 0 Å². The lowest BCUT2D eigenvalue weighted by Crippen LogP contribution is -2.29. The Labute approximate surface area is 126 Å². The van der Waals surface area contributed by atoms with Crippen molar-refractivity contribution in [1.29, 1.82) is 0 Å². The smallest absolute Gasteiger partial charge is 0.243 e. The van der Waals surface area contributed by atoms with Crippen molar-refractivity contribution in [2.24, 2.45) is 0 Å². The molecule has 21 heavy (non-hydrogen) atoms. The Balaban J connectivity index is 3.14. The highest BCUT2D eigenvalue weighted by Gasteiger charge is 2.24. The Hall–Kier alpha value is -1.24. The van der Waals surface area contributed by atoms with Crippen LogP contribution < -0.4 is 5.32 Å². The molecule has 0 atom stereocenters. The molecule has 6 heteroatoms. The highest BCUT2D eigenvalue weighted by Crippen LogP contribution is 2.23. The van der Waals surface area contributed by atoms with E-state index in [4.69, 9.17) is 0 Å². The van der Waals surface area contributed by atoms with Crippen LogP contribution in [0.3, 0.4) is 0 Å². The number of rotatable bonds is 8. The molecule has 0 aliphatic carbocycles. The van der Waals surface area contributed by atoms with Gasteiger partial charge in [-0.2, -0.15) is 0 Å². The number of hydrogen-bond donors (Lipinski definition) is 1. The summed E-state index contributed by atoms with van der Waals surface area (Å²) in [6, 6.07) is 2.90. The summed E-state index contributed by atoms with van der Waals surface area (Å²) < 4.78 is 40.3. The van der Waals surface area contributed by atoms with Crippen LogP contribution in [0.5, 0.6) is 0 Å². The molecule has 0 saturated heterocycles. The monoisotopic (exact) mass is 314 g/mol. The first-order valence-corrected chi connectivity index (χ1v) is 8.29. The maximum absolute atomic E-state index is 13.9. The predicted molar refractivity (Wildman–Crippen MR) is 83.1 cm³/mol. The van der Waals surface area contributed by atoms with Crippen molar-refractivity contribution in [2.75, 3.05) is 20.6 Å². The molecule has 0 amide bonds. The van der Waals surface area contributed by atoms with Crippen LogP contribution in [0.2, 0.25) is 0 Å². The fourth-order valence-electron chi connectivity index (χ4n) is 2.03. The predicted octanol–water partition coefficient (Wildman–Crippen LogP) is 2.44. The minimum Gasteiger partial charge on any atom is -0.316 e. The van der Waals surface area contributed by atoms with E-state index in [1.807, 2.05) is 0 Å². The molecule has 0 saturated carbocycles. The number of sulfonamides is 1. The van der Waals surface area contributed by atoms with E-state index in [1.165, 1.54) is 30.4 Å². The summed E-state index contributed by atoms with van der Waals surface area (Å²) in [5.74, 6) is -0.499. The summed E-state index contributed by atoms with van der Waals surface area (Å²) in [6.07, 6.45) is 3.18. The van der Waals surface area contributed by atoms with Gasteiger partial charge in [0.15, 0.2) is 0 Å². The number of unbranched alkanes of at least 4 members (excludes halogenated alkanes) is 1. The van der Waals surface area contributed by atoms with E-state index in [2.05, 4.69) is 11.9 Å². The summed E-state index contributed by atoms with van der Waals surface area (Å²) in [4.78, 5) is 0.0360. The van der Waals surface area contributed by atoms with Gasteiger partial charge in [-0.25, -0.2) is 17.1 Å². The van der Waals surface area contributed by atoms with E-state index in [1.54, 1.807) is 13.1 Å². The zero-order chi connectivity index (χ0) is 16.0. The van der Waals surface area contributed by atoms with Gasteiger partial charge in [-0.05, 0) is 44.5 Å². The third kappa shape index (κ3) is 4.36.